The third kappa shape index (κ3) is 1.68. The molecule has 11 heavy (non-hydrogen) atoms. The number of nitrogens with one attached hydrogen (secondary N) is 1. The molecule has 1 aliphatic heterocycles. The van der Waals surface area contributed by atoms with E-state index in [0.29, 0.717) is 5.92 Å². The molecule has 66 valence electrons. The predicted octanol–water partition coefficient (Wildman–Crippen LogP) is 0.789. The molecule has 1 saturated heterocycles. The van der Waals surface area contributed by atoms with Gasteiger partial charge in [-0.15, -0.1) is 12.4 Å². The highest BCUT2D eigenvalue weighted by Gasteiger charge is 2.35. The molecule has 0 spiro atoms. The molecule has 0 amide bonds. The predicted molar refractivity (Wildman–Crippen MR) is 47.0 cm³/mol. The number of hydrogen-bond acceptors (Lipinski definition) is 2. The lowest BCUT2D eigenvalue weighted by molar-refractivity contribution is 0.0563. The van der Waals surface area contributed by atoms with Crippen LogP contribution in [0.5, 0.6) is 0 Å². The first-order valence-corrected chi connectivity index (χ1v) is 4.26. The van der Waals surface area contributed by atoms with E-state index in [9.17, 15) is 5.11 Å². The number of aliphatic hydroxyl groups is 1. The van der Waals surface area contributed by atoms with Crippen LogP contribution in [-0.4, -0.2) is 24.3 Å². The van der Waals surface area contributed by atoms with Crippen LogP contribution in [0, 0.1) is 11.8 Å². The average molecular weight is 178 g/mol. The Labute approximate surface area is 73.8 Å². The van der Waals surface area contributed by atoms with Crippen LogP contribution in [0.2, 0.25) is 0 Å². The molecule has 1 heterocycles. The van der Waals surface area contributed by atoms with Gasteiger partial charge in [0.15, 0.2) is 0 Å². The number of fused-ring (bicyclic) bond motifs is 1. The largest absolute Gasteiger partial charge is 0.393 e. The van der Waals surface area contributed by atoms with Crippen molar-refractivity contribution in [3.63, 3.8) is 0 Å². The lowest BCUT2D eigenvalue weighted by atomic mass is 9.80. The van der Waals surface area contributed by atoms with Gasteiger partial charge in [-0.3, -0.25) is 0 Å². The first-order valence-electron chi connectivity index (χ1n) is 4.26. The normalized spacial score (nSPS) is 42.8. The molecule has 2 nitrogen and oxygen atoms in total. The standard InChI is InChI=1S/C8H15NO.ClH/c10-8-3-1-2-6-4-9-5-7(6)8;/h6-10H,1-5H2;1H/t6-,7+,8+;/m1./s1. The van der Waals surface area contributed by atoms with Gasteiger partial charge in [0, 0.05) is 12.5 Å². The van der Waals surface area contributed by atoms with E-state index in [2.05, 4.69) is 5.32 Å². The molecule has 3 heteroatoms. The smallest absolute Gasteiger partial charge is 0.0583 e. The summed E-state index contributed by atoms with van der Waals surface area (Å²) >= 11 is 0. The lowest BCUT2D eigenvalue weighted by Crippen LogP contribution is -2.31. The Bertz CT molecular complexity index is 131. The van der Waals surface area contributed by atoms with Crippen LogP contribution < -0.4 is 5.32 Å². The van der Waals surface area contributed by atoms with Gasteiger partial charge in [0.05, 0.1) is 6.10 Å². The highest BCUT2D eigenvalue weighted by molar-refractivity contribution is 5.85. The van der Waals surface area contributed by atoms with Crippen molar-refractivity contribution < 1.29 is 5.11 Å². The summed E-state index contributed by atoms with van der Waals surface area (Å²) in [6.45, 7) is 2.19. The van der Waals surface area contributed by atoms with E-state index in [1.807, 2.05) is 0 Å². The van der Waals surface area contributed by atoms with Crippen molar-refractivity contribution in [2.75, 3.05) is 13.1 Å². The summed E-state index contributed by atoms with van der Waals surface area (Å²) < 4.78 is 0. The Hall–Kier alpha value is 0.210. The van der Waals surface area contributed by atoms with Gasteiger partial charge in [-0.05, 0) is 25.3 Å². The number of aliphatic hydroxyl groups excluding tert-OH is 1. The Morgan fingerprint density at radius 2 is 2.00 bits per heavy atom. The zero-order valence-corrected chi connectivity index (χ0v) is 7.44. The highest BCUT2D eigenvalue weighted by atomic mass is 35.5. The second-order valence-electron chi connectivity index (χ2n) is 3.58. The molecule has 2 rings (SSSR count). The van der Waals surface area contributed by atoms with Crippen molar-refractivity contribution >= 4 is 12.4 Å². The van der Waals surface area contributed by atoms with Gasteiger partial charge in [0.25, 0.3) is 0 Å². The van der Waals surface area contributed by atoms with E-state index in [4.69, 9.17) is 0 Å². The van der Waals surface area contributed by atoms with Gasteiger partial charge in [0.1, 0.15) is 0 Å². The second kappa shape index (κ2) is 3.74. The van der Waals surface area contributed by atoms with Crippen LogP contribution in [0.1, 0.15) is 19.3 Å². The van der Waals surface area contributed by atoms with Crippen LogP contribution in [0.15, 0.2) is 0 Å². The zero-order valence-electron chi connectivity index (χ0n) is 6.62. The Morgan fingerprint density at radius 1 is 1.18 bits per heavy atom. The van der Waals surface area contributed by atoms with Gasteiger partial charge in [-0.2, -0.15) is 0 Å². The molecule has 2 fully saturated rings. The minimum atomic E-state index is -0.00579. The van der Waals surface area contributed by atoms with Gasteiger partial charge < -0.3 is 10.4 Å². The van der Waals surface area contributed by atoms with Gasteiger partial charge >= 0.3 is 0 Å². The molecule has 0 unspecified atom stereocenters. The monoisotopic (exact) mass is 177 g/mol. The van der Waals surface area contributed by atoms with E-state index in [1.54, 1.807) is 0 Å². The van der Waals surface area contributed by atoms with Crippen molar-refractivity contribution in [1.29, 1.82) is 0 Å². The first kappa shape index (κ1) is 9.30. The number of rotatable bonds is 0. The van der Waals surface area contributed by atoms with E-state index < -0.39 is 0 Å². The van der Waals surface area contributed by atoms with Crippen LogP contribution >= 0.6 is 12.4 Å². The fourth-order valence-corrected chi connectivity index (χ4v) is 2.32. The summed E-state index contributed by atoms with van der Waals surface area (Å²) in [5.74, 6) is 1.36. The average Bonchev–Trinajstić information content (AvgIpc) is 2.36. The summed E-state index contributed by atoms with van der Waals surface area (Å²) in [7, 11) is 0. The van der Waals surface area contributed by atoms with Crippen molar-refractivity contribution in [2.24, 2.45) is 11.8 Å². The SMILES string of the molecule is Cl.O[C@H]1CCC[C@@H]2CNC[C@@H]21. The minimum Gasteiger partial charge on any atom is -0.393 e. The fraction of sp³-hybridized carbons (Fsp3) is 1.00. The van der Waals surface area contributed by atoms with Crippen LogP contribution in [0.3, 0.4) is 0 Å². The first-order chi connectivity index (χ1) is 4.88. The molecular formula is C8H16ClNO. The molecule has 0 bridgehead atoms. The van der Waals surface area contributed by atoms with Gasteiger partial charge in [-0.25, -0.2) is 0 Å². The maximum atomic E-state index is 9.54. The van der Waals surface area contributed by atoms with Crippen molar-refractivity contribution in [2.45, 2.75) is 25.4 Å². The third-order valence-corrected chi connectivity index (χ3v) is 2.96. The van der Waals surface area contributed by atoms with Crippen LogP contribution in [-0.2, 0) is 0 Å². The van der Waals surface area contributed by atoms with E-state index in [-0.39, 0.29) is 18.5 Å². The molecule has 0 aromatic carbocycles. The van der Waals surface area contributed by atoms with Crippen LogP contribution in [0.25, 0.3) is 0 Å². The topological polar surface area (TPSA) is 32.3 Å². The maximum absolute atomic E-state index is 9.54. The highest BCUT2D eigenvalue weighted by Crippen LogP contribution is 2.32. The summed E-state index contributed by atoms with van der Waals surface area (Å²) in [5, 5.41) is 12.9. The Balaban J connectivity index is 0.000000605. The molecule has 0 aromatic heterocycles. The molecule has 1 aliphatic carbocycles. The van der Waals surface area contributed by atoms with Crippen molar-refractivity contribution in [1.82, 2.24) is 5.32 Å². The quantitative estimate of drug-likeness (QED) is 0.574. The molecule has 1 saturated carbocycles. The molecular weight excluding hydrogens is 162 g/mol. The summed E-state index contributed by atoms with van der Waals surface area (Å²) in [4.78, 5) is 0. The number of hydrogen-bond donors (Lipinski definition) is 2. The summed E-state index contributed by atoms with van der Waals surface area (Å²) in [5.41, 5.74) is 0. The summed E-state index contributed by atoms with van der Waals surface area (Å²) in [6.07, 6.45) is 3.58. The lowest BCUT2D eigenvalue weighted by Gasteiger charge is -2.28. The summed E-state index contributed by atoms with van der Waals surface area (Å²) in [6, 6.07) is 0. The molecule has 0 aromatic rings. The Morgan fingerprint density at radius 3 is 2.73 bits per heavy atom. The molecule has 2 N–H and O–H groups in total. The fourth-order valence-electron chi connectivity index (χ4n) is 2.32. The van der Waals surface area contributed by atoms with Crippen LogP contribution in [0.4, 0.5) is 0 Å². The third-order valence-electron chi connectivity index (χ3n) is 2.96. The molecule has 2 aliphatic rings. The minimum absolute atomic E-state index is 0. The van der Waals surface area contributed by atoms with Gasteiger partial charge in [-0.1, -0.05) is 6.42 Å². The van der Waals surface area contributed by atoms with Crippen molar-refractivity contribution in [3.8, 4) is 0 Å². The molecule has 3 atom stereocenters. The van der Waals surface area contributed by atoms with E-state index in [1.165, 1.54) is 12.8 Å². The zero-order chi connectivity index (χ0) is 6.97. The number of halogens is 1. The molecule has 0 radical (unpaired) electrons. The second-order valence-corrected chi connectivity index (χ2v) is 3.58. The van der Waals surface area contributed by atoms with E-state index in [0.717, 1.165) is 25.4 Å². The Kier molecular flexibility index (Phi) is 3.16. The van der Waals surface area contributed by atoms with E-state index >= 15 is 0 Å². The van der Waals surface area contributed by atoms with Gasteiger partial charge in [0.2, 0.25) is 0 Å². The van der Waals surface area contributed by atoms with Crippen molar-refractivity contribution in [3.05, 3.63) is 0 Å². The maximum Gasteiger partial charge on any atom is 0.0583 e.